The Labute approximate surface area is 76.2 Å². The van der Waals surface area contributed by atoms with E-state index >= 15 is 0 Å². The van der Waals surface area contributed by atoms with Crippen molar-refractivity contribution < 1.29 is 0 Å². The molecule has 3 heteroatoms. The van der Waals surface area contributed by atoms with Gasteiger partial charge < -0.3 is 0 Å². The highest BCUT2D eigenvalue weighted by atomic mass is 15.3. The molecule has 1 heterocycles. The summed E-state index contributed by atoms with van der Waals surface area (Å²) in [6.07, 6.45) is 0. The number of nitriles is 1. The molecule has 2 aromatic rings. The van der Waals surface area contributed by atoms with Gasteiger partial charge in [0.05, 0.1) is 22.8 Å². The first-order valence-corrected chi connectivity index (χ1v) is 4.06. The maximum atomic E-state index is 8.72. The highest BCUT2D eigenvalue weighted by Gasteiger charge is 2.04. The number of hydrogen-bond donors (Lipinski definition) is 0. The Hall–Kier alpha value is -1.82. The minimum Gasteiger partial charge on any atom is -0.268 e. The van der Waals surface area contributed by atoms with E-state index in [4.69, 9.17) is 5.26 Å². The van der Waals surface area contributed by atoms with Gasteiger partial charge >= 0.3 is 0 Å². The van der Waals surface area contributed by atoms with Crippen molar-refractivity contribution in [1.29, 1.82) is 5.26 Å². The number of aryl methyl sites for hydroxylation is 2. The van der Waals surface area contributed by atoms with E-state index in [1.54, 1.807) is 0 Å². The van der Waals surface area contributed by atoms with E-state index in [-0.39, 0.29) is 0 Å². The SMILES string of the molecule is Cc1nn(C)c2ccc(C#N)cc12. The normalized spacial score (nSPS) is 10.2. The van der Waals surface area contributed by atoms with Gasteiger partial charge in [0.15, 0.2) is 0 Å². The molecule has 0 aliphatic heterocycles. The molecule has 0 atom stereocenters. The molecule has 1 aromatic heterocycles. The van der Waals surface area contributed by atoms with Crippen LogP contribution in [-0.2, 0) is 7.05 Å². The van der Waals surface area contributed by atoms with E-state index in [1.165, 1.54) is 0 Å². The van der Waals surface area contributed by atoms with Crippen LogP contribution in [0.25, 0.3) is 10.9 Å². The Balaban J connectivity index is 2.86. The Kier molecular flexibility index (Phi) is 1.56. The van der Waals surface area contributed by atoms with Gasteiger partial charge in [-0.2, -0.15) is 10.4 Å². The van der Waals surface area contributed by atoms with Gasteiger partial charge in [0, 0.05) is 12.4 Å². The molecule has 0 bridgehead atoms. The summed E-state index contributed by atoms with van der Waals surface area (Å²) in [5, 5.41) is 14.0. The smallest absolute Gasteiger partial charge is 0.0991 e. The van der Waals surface area contributed by atoms with Gasteiger partial charge in [-0.15, -0.1) is 0 Å². The van der Waals surface area contributed by atoms with E-state index < -0.39 is 0 Å². The lowest BCUT2D eigenvalue weighted by Crippen LogP contribution is -1.88. The molecule has 0 saturated carbocycles. The van der Waals surface area contributed by atoms with Crippen molar-refractivity contribution >= 4 is 10.9 Å². The Morgan fingerprint density at radius 2 is 2.23 bits per heavy atom. The standard InChI is InChI=1S/C10H9N3/c1-7-9-5-8(6-11)3-4-10(9)13(2)12-7/h3-5H,1-2H3. The second kappa shape index (κ2) is 2.60. The molecule has 0 amide bonds. The van der Waals surface area contributed by atoms with Crippen LogP contribution in [0, 0.1) is 18.3 Å². The fourth-order valence-electron chi connectivity index (χ4n) is 1.51. The molecule has 3 nitrogen and oxygen atoms in total. The van der Waals surface area contributed by atoms with Crippen molar-refractivity contribution in [2.24, 2.45) is 7.05 Å². The third kappa shape index (κ3) is 1.07. The van der Waals surface area contributed by atoms with Crippen LogP contribution in [0.4, 0.5) is 0 Å². The first kappa shape index (κ1) is 7.81. The average molecular weight is 171 g/mol. The molecule has 64 valence electrons. The number of benzene rings is 1. The molecule has 1 aromatic carbocycles. The third-order valence-electron chi connectivity index (χ3n) is 2.16. The summed E-state index contributed by atoms with van der Waals surface area (Å²) in [7, 11) is 1.90. The summed E-state index contributed by atoms with van der Waals surface area (Å²) in [6.45, 7) is 1.95. The lowest BCUT2D eigenvalue weighted by atomic mass is 10.1. The lowest BCUT2D eigenvalue weighted by Gasteiger charge is -1.93. The number of nitrogens with zero attached hydrogens (tertiary/aromatic N) is 3. The maximum Gasteiger partial charge on any atom is 0.0991 e. The zero-order valence-electron chi connectivity index (χ0n) is 7.57. The Morgan fingerprint density at radius 1 is 1.46 bits per heavy atom. The van der Waals surface area contributed by atoms with Crippen molar-refractivity contribution in [2.45, 2.75) is 6.92 Å². The first-order valence-electron chi connectivity index (χ1n) is 4.06. The maximum absolute atomic E-state index is 8.72. The molecule has 0 radical (unpaired) electrons. The van der Waals surface area contributed by atoms with Crippen LogP contribution in [-0.4, -0.2) is 9.78 Å². The number of hydrogen-bond acceptors (Lipinski definition) is 2. The van der Waals surface area contributed by atoms with Crippen LogP contribution in [0.3, 0.4) is 0 Å². The van der Waals surface area contributed by atoms with Gasteiger partial charge in [0.1, 0.15) is 0 Å². The van der Waals surface area contributed by atoms with Gasteiger partial charge in [-0.25, -0.2) is 0 Å². The van der Waals surface area contributed by atoms with Crippen LogP contribution < -0.4 is 0 Å². The second-order valence-corrected chi connectivity index (χ2v) is 3.05. The largest absolute Gasteiger partial charge is 0.268 e. The van der Waals surface area contributed by atoms with E-state index in [9.17, 15) is 0 Å². The van der Waals surface area contributed by atoms with Crippen molar-refractivity contribution in [3.63, 3.8) is 0 Å². The minimum atomic E-state index is 0.684. The predicted octanol–water partition coefficient (Wildman–Crippen LogP) is 1.75. The molecule has 13 heavy (non-hydrogen) atoms. The van der Waals surface area contributed by atoms with Crippen molar-refractivity contribution in [3.8, 4) is 6.07 Å². The minimum absolute atomic E-state index is 0.684. The van der Waals surface area contributed by atoms with Crippen molar-refractivity contribution in [3.05, 3.63) is 29.5 Å². The summed E-state index contributed by atoms with van der Waals surface area (Å²) < 4.78 is 1.83. The molecular weight excluding hydrogens is 162 g/mol. The molecule has 0 N–H and O–H groups in total. The van der Waals surface area contributed by atoms with Gasteiger partial charge in [-0.1, -0.05) is 0 Å². The zero-order valence-corrected chi connectivity index (χ0v) is 7.57. The molecule has 0 aliphatic carbocycles. The lowest BCUT2D eigenvalue weighted by molar-refractivity contribution is 0.783. The highest BCUT2D eigenvalue weighted by Crippen LogP contribution is 2.18. The topological polar surface area (TPSA) is 41.6 Å². The van der Waals surface area contributed by atoms with Gasteiger partial charge in [-0.05, 0) is 25.1 Å². The van der Waals surface area contributed by atoms with E-state index in [0.29, 0.717) is 5.56 Å². The molecule has 0 spiro atoms. The molecule has 2 rings (SSSR count). The van der Waals surface area contributed by atoms with Gasteiger partial charge in [-0.3, -0.25) is 4.68 Å². The predicted molar refractivity (Wildman–Crippen MR) is 50.2 cm³/mol. The van der Waals surface area contributed by atoms with Crippen LogP contribution >= 0.6 is 0 Å². The van der Waals surface area contributed by atoms with E-state index in [2.05, 4.69) is 11.2 Å². The Morgan fingerprint density at radius 3 is 2.92 bits per heavy atom. The molecular formula is C10H9N3. The highest BCUT2D eigenvalue weighted by molar-refractivity contribution is 5.83. The average Bonchev–Trinajstić information content (AvgIpc) is 2.42. The van der Waals surface area contributed by atoms with Crippen LogP contribution in [0.5, 0.6) is 0 Å². The summed E-state index contributed by atoms with van der Waals surface area (Å²) in [5.74, 6) is 0. The zero-order chi connectivity index (χ0) is 9.42. The van der Waals surface area contributed by atoms with Gasteiger partial charge in [0.25, 0.3) is 0 Å². The molecule has 0 fully saturated rings. The number of fused-ring (bicyclic) bond motifs is 1. The van der Waals surface area contributed by atoms with Gasteiger partial charge in [0.2, 0.25) is 0 Å². The third-order valence-corrected chi connectivity index (χ3v) is 2.16. The summed E-state index contributed by atoms with van der Waals surface area (Å²) in [6, 6.07) is 7.72. The molecule has 0 saturated heterocycles. The summed E-state index contributed by atoms with van der Waals surface area (Å²) in [4.78, 5) is 0. The fraction of sp³-hybridized carbons (Fsp3) is 0.200. The number of aromatic nitrogens is 2. The first-order chi connectivity index (χ1) is 6.22. The molecule has 0 aliphatic rings. The second-order valence-electron chi connectivity index (χ2n) is 3.05. The van der Waals surface area contributed by atoms with Crippen molar-refractivity contribution in [1.82, 2.24) is 9.78 Å². The summed E-state index contributed by atoms with van der Waals surface area (Å²) >= 11 is 0. The van der Waals surface area contributed by atoms with E-state index in [0.717, 1.165) is 16.6 Å². The summed E-state index contributed by atoms with van der Waals surface area (Å²) in [5.41, 5.74) is 2.72. The fourth-order valence-corrected chi connectivity index (χ4v) is 1.51. The monoisotopic (exact) mass is 171 g/mol. The Bertz CT molecular complexity index is 503. The van der Waals surface area contributed by atoms with Crippen LogP contribution in [0.15, 0.2) is 18.2 Å². The van der Waals surface area contributed by atoms with Crippen LogP contribution in [0.1, 0.15) is 11.3 Å². The van der Waals surface area contributed by atoms with Crippen LogP contribution in [0.2, 0.25) is 0 Å². The quantitative estimate of drug-likeness (QED) is 0.606. The number of rotatable bonds is 0. The van der Waals surface area contributed by atoms with Crippen molar-refractivity contribution in [2.75, 3.05) is 0 Å². The van der Waals surface area contributed by atoms with E-state index in [1.807, 2.05) is 36.9 Å². The molecule has 0 unspecified atom stereocenters.